The summed E-state index contributed by atoms with van der Waals surface area (Å²) in [7, 11) is 0. The van der Waals surface area contributed by atoms with Crippen LogP contribution in [0.15, 0.2) is 29.1 Å². The third kappa shape index (κ3) is 5.37. The lowest BCUT2D eigenvalue weighted by molar-refractivity contribution is -0.163. The number of aromatic nitrogens is 2. The van der Waals surface area contributed by atoms with E-state index in [0.29, 0.717) is 12.1 Å². The molecule has 1 heterocycles. The summed E-state index contributed by atoms with van der Waals surface area (Å²) in [6.07, 6.45) is -4.63. The molecule has 0 spiro atoms. The number of imidazole rings is 1. The van der Waals surface area contributed by atoms with E-state index in [0.717, 1.165) is 10.4 Å². The first-order valence-electron chi connectivity index (χ1n) is 8.95. The summed E-state index contributed by atoms with van der Waals surface area (Å²) in [6, 6.07) is 7.19. The van der Waals surface area contributed by atoms with E-state index in [-0.39, 0.29) is 25.2 Å². The van der Waals surface area contributed by atoms with Crippen LogP contribution in [0.3, 0.4) is 0 Å². The first kappa shape index (κ1) is 21.1. The molecule has 1 amide bonds. The van der Waals surface area contributed by atoms with Crippen LogP contribution in [0.25, 0.3) is 11.0 Å². The van der Waals surface area contributed by atoms with Crippen molar-refractivity contribution in [2.75, 3.05) is 13.1 Å². The molecular weight excluding hydrogens is 359 g/mol. The van der Waals surface area contributed by atoms with Crippen molar-refractivity contribution in [1.29, 1.82) is 0 Å². The van der Waals surface area contributed by atoms with Gasteiger partial charge in [-0.15, -0.1) is 0 Å². The monoisotopic (exact) mass is 385 g/mol. The largest absolute Gasteiger partial charge is 0.406 e. The number of nitrogens with zero attached hydrogens (tertiary/aromatic N) is 3. The van der Waals surface area contributed by atoms with Crippen molar-refractivity contribution in [3.05, 3.63) is 34.7 Å². The number of para-hydroxylation sites is 2. The molecule has 0 fully saturated rings. The fraction of sp³-hybridized carbons (Fsp3) is 0.579. The minimum Gasteiger partial charge on any atom is -0.333 e. The Morgan fingerprint density at radius 2 is 1.59 bits per heavy atom. The van der Waals surface area contributed by atoms with E-state index in [1.165, 1.54) is 4.57 Å². The van der Waals surface area contributed by atoms with E-state index >= 15 is 0 Å². The van der Waals surface area contributed by atoms with Crippen LogP contribution in [0.4, 0.5) is 13.2 Å². The number of rotatable bonds is 6. The fourth-order valence-corrected chi connectivity index (χ4v) is 3.18. The number of alkyl halides is 3. The quantitative estimate of drug-likeness (QED) is 0.762. The molecule has 0 atom stereocenters. The molecule has 2 aromatic rings. The van der Waals surface area contributed by atoms with Gasteiger partial charge in [0.05, 0.1) is 11.0 Å². The minimum absolute atomic E-state index is 0.00301. The second kappa shape index (κ2) is 7.78. The maximum absolute atomic E-state index is 12.9. The third-order valence-corrected chi connectivity index (χ3v) is 4.18. The summed E-state index contributed by atoms with van der Waals surface area (Å²) in [5, 5.41) is 0. The number of fused-ring (bicyclic) bond motifs is 1. The SMILES string of the molecule is CCn1c(=O)n(CCC(=O)N(CC(C)(C)C)CC(F)(F)F)c2ccccc21. The number of benzene rings is 1. The Bertz CT molecular complexity index is 844. The van der Waals surface area contributed by atoms with Crippen LogP contribution in [0, 0.1) is 5.41 Å². The maximum atomic E-state index is 12.9. The van der Waals surface area contributed by atoms with Crippen molar-refractivity contribution in [2.24, 2.45) is 5.41 Å². The fourth-order valence-electron chi connectivity index (χ4n) is 3.18. The number of aryl methyl sites for hydroxylation is 2. The summed E-state index contributed by atoms with van der Waals surface area (Å²) >= 11 is 0. The molecule has 5 nitrogen and oxygen atoms in total. The smallest absolute Gasteiger partial charge is 0.333 e. The van der Waals surface area contributed by atoms with Gasteiger partial charge in [0.1, 0.15) is 6.54 Å². The number of carbonyl (C=O) groups excluding carboxylic acids is 1. The van der Waals surface area contributed by atoms with Gasteiger partial charge >= 0.3 is 11.9 Å². The number of carbonyl (C=O) groups is 1. The molecule has 0 aliphatic heterocycles. The second-order valence-electron chi connectivity index (χ2n) is 7.84. The Morgan fingerprint density at radius 1 is 1.04 bits per heavy atom. The minimum atomic E-state index is -4.46. The Morgan fingerprint density at radius 3 is 2.07 bits per heavy atom. The lowest BCUT2D eigenvalue weighted by Crippen LogP contribution is -2.43. The van der Waals surface area contributed by atoms with E-state index in [2.05, 4.69) is 0 Å². The van der Waals surface area contributed by atoms with Crippen LogP contribution < -0.4 is 5.69 Å². The summed E-state index contributed by atoms with van der Waals surface area (Å²) in [5.74, 6) is -0.609. The van der Waals surface area contributed by atoms with Gasteiger partial charge in [-0.1, -0.05) is 32.9 Å². The zero-order valence-electron chi connectivity index (χ0n) is 16.1. The second-order valence-corrected chi connectivity index (χ2v) is 7.84. The predicted molar refractivity (Wildman–Crippen MR) is 98.6 cm³/mol. The van der Waals surface area contributed by atoms with E-state index in [1.807, 2.05) is 19.1 Å². The average molecular weight is 385 g/mol. The van der Waals surface area contributed by atoms with Gasteiger partial charge in [0, 0.05) is 26.1 Å². The zero-order chi connectivity index (χ0) is 20.4. The van der Waals surface area contributed by atoms with Gasteiger partial charge in [0.25, 0.3) is 0 Å². The van der Waals surface area contributed by atoms with Crippen molar-refractivity contribution < 1.29 is 18.0 Å². The first-order valence-corrected chi connectivity index (χ1v) is 8.95. The van der Waals surface area contributed by atoms with E-state index in [1.54, 1.807) is 37.5 Å². The van der Waals surface area contributed by atoms with Gasteiger partial charge in [0.15, 0.2) is 0 Å². The van der Waals surface area contributed by atoms with Crippen LogP contribution in [0.5, 0.6) is 0 Å². The van der Waals surface area contributed by atoms with Gasteiger partial charge in [-0.2, -0.15) is 13.2 Å². The van der Waals surface area contributed by atoms with Crippen molar-refractivity contribution in [3.63, 3.8) is 0 Å². The lowest BCUT2D eigenvalue weighted by atomic mass is 9.96. The highest BCUT2D eigenvalue weighted by Gasteiger charge is 2.34. The van der Waals surface area contributed by atoms with Crippen molar-refractivity contribution >= 4 is 16.9 Å². The highest BCUT2D eigenvalue weighted by atomic mass is 19.4. The van der Waals surface area contributed by atoms with Gasteiger partial charge in [-0.05, 0) is 24.5 Å². The van der Waals surface area contributed by atoms with Gasteiger partial charge in [-0.3, -0.25) is 13.9 Å². The average Bonchev–Trinajstić information content (AvgIpc) is 2.80. The van der Waals surface area contributed by atoms with E-state index < -0.39 is 24.0 Å². The van der Waals surface area contributed by atoms with Gasteiger partial charge < -0.3 is 4.90 Å². The molecule has 8 heteroatoms. The lowest BCUT2D eigenvalue weighted by Gasteiger charge is -2.30. The summed E-state index contributed by atoms with van der Waals surface area (Å²) in [4.78, 5) is 25.9. The molecule has 0 aliphatic rings. The molecule has 0 N–H and O–H groups in total. The molecule has 27 heavy (non-hydrogen) atoms. The number of halogens is 3. The maximum Gasteiger partial charge on any atom is 0.406 e. The Labute approximate surface area is 156 Å². The molecule has 0 saturated heterocycles. The Balaban J connectivity index is 2.23. The predicted octanol–water partition coefficient (Wildman–Crippen LogP) is 3.65. The molecule has 0 bridgehead atoms. The molecule has 2 rings (SSSR count). The standard InChI is InChI=1S/C19H26F3N3O2/c1-5-24-14-8-6-7-9-15(14)25(17(24)27)11-10-16(26)23(12-18(2,3)4)13-19(20,21)22/h6-9H,5,10-13H2,1-4H3. The van der Waals surface area contributed by atoms with Crippen LogP contribution in [0.2, 0.25) is 0 Å². The van der Waals surface area contributed by atoms with Gasteiger partial charge in [0.2, 0.25) is 5.91 Å². The number of hydrogen-bond acceptors (Lipinski definition) is 2. The Kier molecular flexibility index (Phi) is 6.07. The molecule has 1 aromatic carbocycles. The molecular formula is C19H26F3N3O2. The zero-order valence-corrected chi connectivity index (χ0v) is 16.1. The molecule has 0 unspecified atom stereocenters. The normalized spacial score (nSPS) is 12.6. The highest BCUT2D eigenvalue weighted by Crippen LogP contribution is 2.22. The Hall–Kier alpha value is -2.25. The molecule has 150 valence electrons. The molecule has 0 saturated carbocycles. The molecule has 0 radical (unpaired) electrons. The van der Waals surface area contributed by atoms with Crippen molar-refractivity contribution in [2.45, 2.75) is 53.4 Å². The number of amides is 1. The third-order valence-electron chi connectivity index (χ3n) is 4.18. The topological polar surface area (TPSA) is 47.2 Å². The highest BCUT2D eigenvalue weighted by molar-refractivity contribution is 5.78. The molecule has 0 aliphatic carbocycles. The van der Waals surface area contributed by atoms with E-state index in [4.69, 9.17) is 0 Å². The summed E-state index contributed by atoms with van der Waals surface area (Å²) < 4.78 is 41.7. The van der Waals surface area contributed by atoms with Crippen LogP contribution >= 0.6 is 0 Å². The molecule has 1 aromatic heterocycles. The van der Waals surface area contributed by atoms with Crippen molar-refractivity contribution in [1.82, 2.24) is 14.0 Å². The summed E-state index contributed by atoms with van der Waals surface area (Å²) in [6.45, 7) is 6.42. The first-order chi connectivity index (χ1) is 12.4. The number of hydrogen-bond donors (Lipinski definition) is 0. The summed E-state index contributed by atoms with van der Waals surface area (Å²) in [5.41, 5.74) is 0.704. The van der Waals surface area contributed by atoms with E-state index in [9.17, 15) is 22.8 Å². The van der Waals surface area contributed by atoms with Crippen LogP contribution in [-0.4, -0.2) is 39.2 Å². The van der Waals surface area contributed by atoms with Crippen molar-refractivity contribution in [3.8, 4) is 0 Å². The van der Waals surface area contributed by atoms with Crippen LogP contribution in [-0.2, 0) is 17.9 Å². The van der Waals surface area contributed by atoms with Gasteiger partial charge in [-0.25, -0.2) is 4.79 Å². The van der Waals surface area contributed by atoms with Crippen LogP contribution in [0.1, 0.15) is 34.1 Å².